The van der Waals surface area contributed by atoms with Gasteiger partial charge in [-0.15, -0.1) is 0 Å². The van der Waals surface area contributed by atoms with E-state index in [-0.39, 0.29) is 12.1 Å². The van der Waals surface area contributed by atoms with Gasteiger partial charge in [-0.25, -0.2) is 0 Å². The molecule has 0 saturated carbocycles. The molecule has 0 radical (unpaired) electrons. The largest absolute Gasteiger partial charge is 0.467 e. The van der Waals surface area contributed by atoms with Crippen LogP contribution in [0.25, 0.3) is 0 Å². The molecule has 5 heteroatoms. The van der Waals surface area contributed by atoms with Crippen LogP contribution in [0.15, 0.2) is 27.3 Å². The van der Waals surface area contributed by atoms with Gasteiger partial charge in [0.25, 0.3) is 0 Å². The van der Waals surface area contributed by atoms with E-state index in [1.807, 2.05) is 30.7 Å². The molecule has 0 aliphatic carbocycles. The molecule has 2 aromatic heterocycles. The van der Waals surface area contributed by atoms with E-state index in [9.17, 15) is 0 Å². The normalized spacial score (nSPS) is 14.7. The fraction of sp³-hybridized carbons (Fsp3) is 0.462. The van der Waals surface area contributed by atoms with Crippen LogP contribution in [-0.4, -0.2) is 15.8 Å². The van der Waals surface area contributed by atoms with Crippen molar-refractivity contribution in [3.05, 3.63) is 40.0 Å². The number of furan rings is 1. The van der Waals surface area contributed by atoms with Gasteiger partial charge in [0.2, 0.25) is 0 Å². The third-order valence-corrected chi connectivity index (χ3v) is 4.36. The molecule has 0 aliphatic rings. The Balaban J connectivity index is 2.50. The van der Waals surface area contributed by atoms with Crippen molar-refractivity contribution in [3.63, 3.8) is 0 Å². The highest BCUT2D eigenvalue weighted by atomic mass is 79.9. The second-order valence-corrected chi connectivity index (χ2v) is 5.25. The third-order valence-electron chi connectivity index (χ3n) is 3.21. The predicted octanol–water partition coefficient (Wildman–Crippen LogP) is 3.18. The molecule has 0 amide bonds. The minimum atomic E-state index is -0.0602. The molecule has 2 heterocycles. The van der Waals surface area contributed by atoms with E-state index in [2.05, 4.69) is 28.0 Å². The molecule has 0 fully saturated rings. The number of halogens is 1. The Morgan fingerprint density at radius 3 is 2.67 bits per heavy atom. The van der Waals surface area contributed by atoms with Crippen LogP contribution in [-0.2, 0) is 0 Å². The third kappa shape index (κ3) is 2.24. The molecule has 0 aromatic carbocycles. The van der Waals surface area contributed by atoms with Crippen molar-refractivity contribution >= 4 is 15.9 Å². The molecular formula is C13H18BrN3O. The van der Waals surface area contributed by atoms with Crippen LogP contribution in [0.2, 0.25) is 0 Å². The van der Waals surface area contributed by atoms with Crippen LogP contribution in [0, 0.1) is 13.8 Å². The smallest absolute Gasteiger partial charge is 0.129 e. The predicted molar refractivity (Wildman–Crippen MR) is 74.5 cm³/mol. The maximum Gasteiger partial charge on any atom is 0.129 e. The van der Waals surface area contributed by atoms with Gasteiger partial charge in [-0.2, -0.15) is 5.10 Å². The van der Waals surface area contributed by atoms with E-state index in [0.717, 1.165) is 28.0 Å². The molecule has 0 aliphatic heterocycles. The summed E-state index contributed by atoms with van der Waals surface area (Å²) in [5, 5.41) is 4.56. The lowest BCUT2D eigenvalue weighted by Crippen LogP contribution is -2.33. The van der Waals surface area contributed by atoms with Gasteiger partial charge in [-0.1, -0.05) is 6.92 Å². The molecule has 98 valence electrons. The second-order valence-electron chi connectivity index (χ2n) is 4.46. The zero-order valence-corrected chi connectivity index (χ0v) is 12.4. The van der Waals surface area contributed by atoms with Crippen LogP contribution >= 0.6 is 15.9 Å². The first-order valence-corrected chi connectivity index (χ1v) is 6.85. The molecule has 4 nitrogen and oxygen atoms in total. The first-order valence-electron chi connectivity index (χ1n) is 6.06. The van der Waals surface area contributed by atoms with Crippen LogP contribution < -0.4 is 5.73 Å². The van der Waals surface area contributed by atoms with Gasteiger partial charge in [0.15, 0.2) is 0 Å². The zero-order chi connectivity index (χ0) is 13.3. The molecular weight excluding hydrogens is 294 g/mol. The lowest BCUT2D eigenvalue weighted by molar-refractivity contribution is 0.346. The lowest BCUT2D eigenvalue weighted by atomic mass is 10.0. The SMILES string of the molecule is CCC(N)C(c1ccco1)n1nc(C)c(Br)c1C. The first-order chi connectivity index (χ1) is 8.56. The van der Waals surface area contributed by atoms with Gasteiger partial charge in [0.1, 0.15) is 11.8 Å². The maximum absolute atomic E-state index is 6.23. The molecule has 0 spiro atoms. The van der Waals surface area contributed by atoms with Crippen molar-refractivity contribution in [2.45, 2.75) is 39.3 Å². The summed E-state index contributed by atoms with van der Waals surface area (Å²) in [5.41, 5.74) is 8.27. The summed E-state index contributed by atoms with van der Waals surface area (Å²) in [6.45, 7) is 6.08. The standard InChI is InChI=1S/C13H18BrN3O/c1-4-10(15)13(11-6-5-7-18-11)17-9(3)12(14)8(2)16-17/h5-7,10,13H,4,15H2,1-3H3. The Kier molecular flexibility index (Phi) is 3.92. The van der Waals surface area contributed by atoms with E-state index >= 15 is 0 Å². The number of nitrogens with two attached hydrogens (primary N) is 1. The fourth-order valence-corrected chi connectivity index (χ4v) is 2.37. The Hall–Kier alpha value is -1.07. The monoisotopic (exact) mass is 311 g/mol. The number of aryl methyl sites for hydroxylation is 1. The number of nitrogens with zero attached hydrogens (tertiary/aromatic N) is 2. The molecule has 2 N–H and O–H groups in total. The van der Waals surface area contributed by atoms with E-state index < -0.39 is 0 Å². The van der Waals surface area contributed by atoms with Crippen LogP contribution in [0.1, 0.15) is 36.5 Å². The van der Waals surface area contributed by atoms with Crippen molar-refractivity contribution < 1.29 is 4.42 Å². The van der Waals surface area contributed by atoms with Crippen molar-refractivity contribution in [2.24, 2.45) is 5.73 Å². The quantitative estimate of drug-likeness (QED) is 0.943. The van der Waals surface area contributed by atoms with Crippen LogP contribution in [0.4, 0.5) is 0 Å². The first kappa shape index (κ1) is 13.4. The Labute approximate surface area is 115 Å². The van der Waals surface area contributed by atoms with Crippen molar-refractivity contribution in [1.82, 2.24) is 9.78 Å². The number of hydrogen-bond acceptors (Lipinski definition) is 3. The van der Waals surface area contributed by atoms with E-state index in [1.165, 1.54) is 0 Å². The minimum absolute atomic E-state index is 0.0268. The minimum Gasteiger partial charge on any atom is -0.467 e. The second kappa shape index (κ2) is 5.28. The number of hydrogen-bond donors (Lipinski definition) is 1. The molecule has 2 unspecified atom stereocenters. The van der Waals surface area contributed by atoms with E-state index in [1.54, 1.807) is 6.26 Å². The highest BCUT2D eigenvalue weighted by Gasteiger charge is 2.26. The van der Waals surface area contributed by atoms with Crippen LogP contribution in [0.5, 0.6) is 0 Å². The summed E-state index contributed by atoms with van der Waals surface area (Å²) < 4.78 is 8.50. The van der Waals surface area contributed by atoms with Crippen molar-refractivity contribution in [2.75, 3.05) is 0 Å². The summed E-state index contributed by atoms with van der Waals surface area (Å²) in [5.74, 6) is 0.849. The van der Waals surface area contributed by atoms with Crippen molar-refractivity contribution in [1.29, 1.82) is 0 Å². The Morgan fingerprint density at radius 1 is 1.50 bits per heavy atom. The Morgan fingerprint density at radius 2 is 2.22 bits per heavy atom. The van der Waals surface area contributed by atoms with E-state index in [4.69, 9.17) is 10.2 Å². The lowest BCUT2D eigenvalue weighted by Gasteiger charge is -2.22. The van der Waals surface area contributed by atoms with E-state index in [0.29, 0.717) is 0 Å². The van der Waals surface area contributed by atoms with Gasteiger partial charge in [0, 0.05) is 6.04 Å². The zero-order valence-electron chi connectivity index (χ0n) is 10.9. The molecule has 2 atom stereocenters. The molecule has 2 aromatic rings. The molecule has 2 rings (SSSR count). The topological polar surface area (TPSA) is 57.0 Å². The molecule has 18 heavy (non-hydrogen) atoms. The van der Waals surface area contributed by atoms with Crippen LogP contribution in [0.3, 0.4) is 0 Å². The van der Waals surface area contributed by atoms with Gasteiger partial charge in [-0.05, 0) is 48.3 Å². The summed E-state index contributed by atoms with van der Waals surface area (Å²) in [6.07, 6.45) is 2.53. The molecule has 0 saturated heterocycles. The summed E-state index contributed by atoms with van der Waals surface area (Å²) >= 11 is 3.55. The summed E-state index contributed by atoms with van der Waals surface area (Å²) in [6, 6.07) is 3.74. The maximum atomic E-state index is 6.23. The van der Waals surface area contributed by atoms with Gasteiger partial charge >= 0.3 is 0 Å². The fourth-order valence-electron chi connectivity index (χ4n) is 2.11. The molecule has 0 bridgehead atoms. The summed E-state index contributed by atoms with van der Waals surface area (Å²) in [7, 11) is 0. The average molecular weight is 312 g/mol. The number of rotatable bonds is 4. The highest BCUT2D eigenvalue weighted by molar-refractivity contribution is 9.10. The number of aromatic nitrogens is 2. The van der Waals surface area contributed by atoms with Crippen molar-refractivity contribution in [3.8, 4) is 0 Å². The van der Waals surface area contributed by atoms with Gasteiger partial charge in [0.05, 0.1) is 22.1 Å². The highest BCUT2D eigenvalue weighted by Crippen LogP contribution is 2.29. The summed E-state index contributed by atoms with van der Waals surface area (Å²) in [4.78, 5) is 0. The van der Waals surface area contributed by atoms with Gasteiger partial charge in [-0.3, -0.25) is 4.68 Å². The van der Waals surface area contributed by atoms with Gasteiger partial charge < -0.3 is 10.2 Å². The average Bonchev–Trinajstić information content (AvgIpc) is 2.96. The Bertz CT molecular complexity index is 519.